The Labute approximate surface area is 169 Å². The Morgan fingerprint density at radius 1 is 1.33 bits per heavy atom. The van der Waals surface area contributed by atoms with Crippen LogP contribution in [0.5, 0.6) is 0 Å². The lowest BCUT2D eigenvalue weighted by Crippen LogP contribution is -2.23. The lowest BCUT2D eigenvalue weighted by atomic mass is 10.2. The Hall–Kier alpha value is -3.65. The van der Waals surface area contributed by atoms with Crippen molar-refractivity contribution >= 4 is 28.4 Å². The van der Waals surface area contributed by atoms with Gasteiger partial charge in [0.25, 0.3) is 12.0 Å². The molecule has 1 aliphatic rings. The molecule has 11 heteroatoms. The van der Waals surface area contributed by atoms with Crippen LogP contribution in [0.2, 0.25) is 0 Å². The van der Waals surface area contributed by atoms with Crippen LogP contribution >= 0.6 is 0 Å². The highest BCUT2D eigenvalue weighted by molar-refractivity contribution is 5.75. The molecule has 3 aromatic rings. The number of hydrogen-bond donors (Lipinski definition) is 3. The average Bonchev–Trinajstić information content (AvgIpc) is 3.23. The molecule has 0 saturated carbocycles. The Balaban J connectivity index is 1.61. The number of nitriles is 1. The molecule has 0 bridgehead atoms. The van der Waals surface area contributed by atoms with Gasteiger partial charge in [-0.1, -0.05) is 0 Å². The van der Waals surface area contributed by atoms with Crippen LogP contribution in [0.4, 0.5) is 26.1 Å². The number of alkyl halides is 2. The number of rotatable bonds is 6. The minimum atomic E-state index is -2.67. The molecule has 4 heterocycles. The summed E-state index contributed by atoms with van der Waals surface area (Å²) in [4.78, 5) is 24.5. The molecule has 0 spiro atoms. The highest BCUT2D eigenvalue weighted by atomic mass is 19.3. The maximum atomic E-state index is 12.8. The Bertz CT molecular complexity index is 1170. The quantitative estimate of drug-likeness (QED) is 0.561. The third-order valence-electron chi connectivity index (χ3n) is 4.73. The molecular formula is C19H18F2N8O. The lowest BCUT2D eigenvalue weighted by molar-refractivity contribution is 0.127. The molecule has 3 aromatic heterocycles. The lowest BCUT2D eigenvalue weighted by Gasteiger charge is -2.15. The summed E-state index contributed by atoms with van der Waals surface area (Å²) < 4.78 is 26.5. The number of anilines is 3. The number of nitrogens with zero attached hydrogens (tertiary/aromatic N) is 5. The van der Waals surface area contributed by atoms with E-state index in [0.29, 0.717) is 16.9 Å². The van der Waals surface area contributed by atoms with Gasteiger partial charge in [0.05, 0.1) is 41.3 Å². The molecule has 3 N–H and O–H groups in total. The van der Waals surface area contributed by atoms with Gasteiger partial charge < -0.3 is 16.0 Å². The van der Waals surface area contributed by atoms with Gasteiger partial charge in [0.15, 0.2) is 5.69 Å². The molecule has 1 unspecified atom stereocenters. The number of nitrogens with one attached hydrogen (secondary N) is 3. The van der Waals surface area contributed by atoms with Crippen LogP contribution in [0.25, 0.3) is 11.0 Å². The summed E-state index contributed by atoms with van der Waals surface area (Å²) >= 11 is 0. The fourth-order valence-corrected chi connectivity index (χ4v) is 3.32. The molecule has 1 atom stereocenters. The Morgan fingerprint density at radius 3 is 2.93 bits per heavy atom. The summed E-state index contributed by atoms with van der Waals surface area (Å²) in [5.74, 6) is 0.213. The first-order valence-electron chi connectivity index (χ1n) is 9.32. The van der Waals surface area contributed by atoms with Crippen molar-refractivity contribution in [3.8, 4) is 6.07 Å². The van der Waals surface area contributed by atoms with Crippen molar-refractivity contribution in [3.05, 3.63) is 46.6 Å². The summed E-state index contributed by atoms with van der Waals surface area (Å²) in [5, 5.41) is 18.9. The smallest absolute Gasteiger partial charge is 0.256 e. The number of halogens is 2. The van der Waals surface area contributed by atoms with Gasteiger partial charge in [-0.3, -0.25) is 9.36 Å². The van der Waals surface area contributed by atoms with Crippen LogP contribution in [0.3, 0.4) is 0 Å². The van der Waals surface area contributed by atoms with Crippen molar-refractivity contribution < 1.29 is 8.78 Å². The van der Waals surface area contributed by atoms with Crippen molar-refractivity contribution in [1.29, 1.82) is 5.26 Å². The van der Waals surface area contributed by atoms with E-state index in [4.69, 9.17) is 0 Å². The molecule has 1 saturated heterocycles. The maximum Gasteiger partial charge on any atom is 0.256 e. The van der Waals surface area contributed by atoms with Crippen molar-refractivity contribution in [2.24, 2.45) is 0 Å². The van der Waals surface area contributed by atoms with Crippen molar-refractivity contribution in [2.75, 3.05) is 23.7 Å². The van der Waals surface area contributed by atoms with Crippen LogP contribution in [-0.2, 0) is 6.54 Å². The minimum Gasteiger partial charge on any atom is -0.379 e. The van der Waals surface area contributed by atoms with E-state index in [1.807, 2.05) is 0 Å². The van der Waals surface area contributed by atoms with E-state index in [1.165, 1.54) is 24.5 Å². The van der Waals surface area contributed by atoms with Crippen molar-refractivity contribution in [2.45, 2.75) is 25.4 Å². The van der Waals surface area contributed by atoms with Gasteiger partial charge in [-0.2, -0.15) is 5.26 Å². The first-order chi connectivity index (χ1) is 14.5. The van der Waals surface area contributed by atoms with E-state index in [-0.39, 0.29) is 23.2 Å². The number of pyridine rings is 2. The standard InChI is InChI=1S/C19H18F2N8O/c20-17(21)10-29-16-9-25-19(28-13(16)1-2-18(29)30)27-12-5-14(15(6-22)24-8-12)26-11-3-4-23-7-11/h1-2,5,8-9,11,17,23,26H,3-4,7,10H2,(H,25,27,28). The second-order valence-corrected chi connectivity index (χ2v) is 6.83. The van der Waals surface area contributed by atoms with Gasteiger partial charge in [0.2, 0.25) is 5.95 Å². The summed E-state index contributed by atoms with van der Waals surface area (Å²) in [6.07, 6.45) is 1.09. The van der Waals surface area contributed by atoms with Gasteiger partial charge in [-0.15, -0.1) is 0 Å². The summed E-state index contributed by atoms with van der Waals surface area (Å²) in [6.45, 7) is 0.986. The van der Waals surface area contributed by atoms with Gasteiger partial charge in [-0.25, -0.2) is 23.7 Å². The first kappa shape index (κ1) is 19.7. The van der Waals surface area contributed by atoms with Crippen molar-refractivity contribution in [1.82, 2.24) is 24.8 Å². The second kappa shape index (κ2) is 8.38. The summed E-state index contributed by atoms with van der Waals surface area (Å²) in [7, 11) is 0. The highest BCUT2D eigenvalue weighted by Crippen LogP contribution is 2.22. The molecule has 154 valence electrons. The molecule has 9 nitrogen and oxygen atoms in total. The van der Waals surface area contributed by atoms with E-state index in [1.54, 1.807) is 6.07 Å². The van der Waals surface area contributed by atoms with Crippen LogP contribution < -0.4 is 21.5 Å². The molecule has 1 aliphatic heterocycles. The third kappa shape index (κ3) is 4.18. The SMILES string of the molecule is N#Cc1ncc(Nc2ncc3c(ccc(=O)n3CC(F)F)n2)cc1NC1CCNC1. The third-order valence-corrected chi connectivity index (χ3v) is 4.73. The van der Waals surface area contributed by atoms with Crippen LogP contribution in [0, 0.1) is 11.3 Å². The largest absolute Gasteiger partial charge is 0.379 e. The van der Waals surface area contributed by atoms with Gasteiger partial charge in [0, 0.05) is 18.7 Å². The van der Waals surface area contributed by atoms with Crippen LogP contribution in [-0.4, -0.2) is 45.1 Å². The van der Waals surface area contributed by atoms with Gasteiger partial charge in [-0.05, 0) is 25.1 Å². The van der Waals surface area contributed by atoms with E-state index >= 15 is 0 Å². The maximum absolute atomic E-state index is 12.8. The zero-order chi connectivity index (χ0) is 21.1. The van der Waals surface area contributed by atoms with Crippen molar-refractivity contribution in [3.63, 3.8) is 0 Å². The molecule has 0 amide bonds. The molecule has 1 fully saturated rings. The number of aromatic nitrogens is 4. The van der Waals surface area contributed by atoms with E-state index in [9.17, 15) is 18.8 Å². The zero-order valence-corrected chi connectivity index (χ0v) is 15.8. The fourth-order valence-electron chi connectivity index (χ4n) is 3.32. The average molecular weight is 412 g/mol. The number of fused-ring (bicyclic) bond motifs is 1. The van der Waals surface area contributed by atoms with Crippen LogP contribution in [0.1, 0.15) is 12.1 Å². The predicted octanol–water partition coefficient (Wildman–Crippen LogP) is 1.84. The summed E-state index contributed by atoms with van der Waals surface area (Å²) in [6, 6.07) is 6.68. The highest BCUT2D eigenvalue weighted by Gasteiger charge is 2.17. The molecule has 0 radical (unpaired) electrons. The predicted molar refractivity (Wildman–Crippen MR) is 107 cm³/mol. The second-order valence-electron chi connectivity index (χ2n) is 6.83. The van der Waals surface area contributed by atoms with E-state index in [2.05, 4.69) is 37.0 Å². The zero-order valence-electron chi connectivity index (χ0n) is 15.8. The Morgan fingerprint density at radius 2 is 2.20 bits per heavy atom. The molecule has 4 rings (SSSR count). The van der Waals surface area contributed by atoms with E-state index < -0.39 is 18.5 Å². The normalized spacial score (nSPS) is 16.0. The minimum absolute atomic E-state index is 0.206. The van der Waals surface area contributed by atoms with Crippen LogP contribution in [0.15, 0.2) is 35.4 Å². The summed E-state index contributed by atoms with van der Waals surface area (Å²) in [5.41, 5.74) is 1.47. The topological polar surface area (TPSA) is 121 Å². The first-order valence-corrected chi connectivity index (χ1v) is 9.32. The van der Waals surface area contributed by atoms with Gasteiger partial charge >= 0.3 is 0 Å². The van der Waals surface area contributed by atoms with Gasteiger partial charge in [0.1, 0.15) is 6.07 Å². The molecular weight excluding hydrogens is 394 g/mol. The molecule has 30 heavy (non-hydrogen) atoms. The van der Waals surface area contributed by atoms with E-state index in [0.717, 1.165) is 24.1 Å². The fraction of sp³-hybridized carbons (Fsp3) is 0.316. The number of hydrogen-bond acceptors (Lipinski definition) is 8. The molecule has 0 aliphatic carbocycles. The Kier molecular flexibility index (Phi) is 5.49. The monoisotopic (exact) mass is 412 g/mol. The molecule has 0 aromatic carbocycles.